The maximum atomic E-state index is 10.9. The average Bonchev–Trinajstić information content (AvgIpc) is 2.26. The van der Waals surface area contributed by atoms with Gasteiger partial charge in [0.15, 0.2) is 0 Å². The molecule has 94 valence electrons. The van der Waals surface area contributed by atoms with Gasteiger partial charge in [0.1, 0.15) is 5.69 Å². The first kappa shape index (κ1) is 13.9. The van der Waals surface area contributed by atoms with Crippen LogP contribution in [0.15, 0.2) is 22.7 Å². The van der Waals surface area contributed by atoms with E-state index in [2.05, 4.69) is 21.2 Å². The third-order valence-electron chi connectivity index (χ3n) is 2.50. The lowest BCUT2D eigenvalue weighted by Gasteiger charge is -2.21. The minimum absolute atomic E-state index is 0.00141. The Kier molecular flexibility index (Phi) is 4.89. The van der Waals surface area contributed by atoms with E-state index in [1.54, 1.807) is 12.1 Å². The van der Waals surface area contributed by atoms with Crippen LogP contribution in [-0.4, -0.2) is 22.7 Å². The Morgan fingerprint density at radius 3 is 2.65 bits per heavy atom. The SMILES string of the molecule is CC(C)C(CO)Nc1ccc(Br)cc1[N+](=O)[O-]. The van der Waals surface area contributed by atoms with Crippen LogP contribution in [0.3, 0.4) is 0 Å². The van der Waals surface area contributed by atoms with Gasteiger partial charge in [-0.15, -0.1) is 0 Å². The molecule has 1 atom stereocenters. The second-order valence-corrected chi connectivity index (χ2v) is 5.01. The maximum absolute atomic E-state index is 10.9. The fraction of sp³-hybridized carbons (Fsp3) is 0.455. The van der Waals surface area contributed by atoms with Crippen LogP contribution < -0.4 is 5.32 Å². The highest BCUT2D eigenvalue weighted by Gasteiger charge is 2.19. The number of aliphatic hydroxyl groups excluding tert-OH is 1. The zero-order chi connectivity index (χ0) is 13.0. The summed E-state index contributed by atoms with van der Waals surface area (Å²) in [6.07, 6.45) is 0. The van der Waals surface area contributed by atoms with E-state index in [4.69, 9.17) is 0 Å². The smallest absolute Gasteiger partial charge is 0.293 e. The lowest BCUT2D eigenvalue weighted by molar-refractivity contribution is -0.384. The molecule has 0 amide bonds. The highest BCUT2D eigenvalue weighted by molar-refractivity contribution is 9.10. The molecule has 0 aliphatic heterocycles. The van der Waals surface area contributed by atoms with E-state index in [-0.39, 0.29) is 24.3 Å². The summed E-state index contributed by atoms with van der Waals surface area (Å²) in [6, 6.07) is 4.60. The van der Waals surface area contributed by atoms with Gasteiger partial charge in [-0.2, -0.15) is 0 Å². The minimum Gasteiger partial charge on any atom is -0.394 e. The van der Waals surface area contributed by atoms with Crippen molar-refractivity contribution in [3.63, 3.8) is 0 Å². The number of hydrogen-bond donors (Lipinski definition) is 2. The Bertz CT molecular complexity index is 410. The van der Waals surface area contributed by atoms with Crippen LogP contribution in [0.25, 0.3) is 0 Å². The van der Waals surface area contributed by atoms with Crippen molar-refractivity contribution < 1.29 is 10.0 Å². The van der Waals surface area contributed by atoms with E-state index >= 15 is 0 Å². The maximum Gasteiger partial charge on any atom is 0.293 e. The van der Waals surface area contributed by atoms with Crippen molar-refractivity contribution in [3.05, 3.63) is 32.8 Å². The number of anilines is 1. The van der Waals surface area contributed by atoms with E-state index in [1.165, 1.54) is 6.07 Å². The molecule has 0 aromatic heterocycles. The van der Waals surface area contributed by atoms with Crippen molar-refractivity contribution in [2.45, 2.75) is 19.9 Å². The molecule has 0 heterocycles. The van der Waals surface area contributed by atoms with Gasteiger partial charge in [-0.25, -0.2) is 0 Å². The number of benzene rings is 1. The highest BCUT2D eigenvalue weighted by Crippen LogP contribution is 2.29. The number of nitro benzene ring substituents is 1. The normalized spacial score (nSPS) is 12.5. The van der Waals surface area contributed by atoms with Gasteiger partial charge < -0.3 is 10.4 Å². The predicted molar refractivity (Wildman–Crippen MR) is 70.1 cm³/mol. The van der Waals surface area contributed by atoms with Crippen LogP contribution in [0.5, 0.6) is 0 Å². The summed E-state index contributed by atoms with van der Waals surface area (Å²) in [4.78, 5) is 10.5. The summed E-state index contributed by atoms with van der Waals surface area (Å²) in [5, 5.41) is 23.1. The molecule has 2 N–H and O–H groups in total. The second kappa shape index (κ2) is 5.97. The minimum atomic E-state index is -0.443. The van der Waals surface area contributed by atoms with Crippen LogP contribution in [0.1, 0.15) is 13.8 Å². The number of rotatable bonds is 5. The predicted octanol–water partition coefficient (Wildman–Crippen LogP) is 2.79. The number of aliphatic hydroxyl groups is 1. The van der Waals surface area contributed by atoms with Crippen LogP contribution >= 0.6 is 15.9 Å². The fourth-order valence-electron chi connectivity index (χ4n) is 1.40. The van der Waals surface area contributed by atoms with Crippen molar-refractivity contribution in [1.29, 1.82) is 0 Å². The standard InChI is InChI=1S/C11H15BrN2O3/c1-7(2)10(6-15)13-9-4-3-8(12)5-11(9)14(16)17/h3-5,7,10,13,15H,6H2,1-2H3. The molecule has 17 heavy (non-hydrogen) atoms. The van der Waals surface area contributed by atoms with Crippen molar-refractivity contribution in [1.82, 2.24) is 0 Å². The number of nitrogens with one attached hydrogen (secondary N) is 1. The van der Waals surface area contributed by atoms with Gasteiger partial charge in [-0.1, -0.05) is 29.8 Å². The van der Waals surface area contributed by atoms with Crippen molar-refractivity contribution in [2.75, 3.05) is 11.9 Å². The van der Waals surface area contributed by atoms with Gasteiger partial charge in [0.05, 0.1) is 17.6 Å². The van der Waals surface area contributed by atoms with E-state index in [0.717, 1.165) is 0 Å². The average molecular weight is 303 g/mol. The quantitative estimate of drug-likeness (QED) is 0.648. The molecule has 5 nitrogen and oxygen atoms in total. The number of halogens is 1. The lowest BCUT2D eigenvalue weighted by Crippen LogP contribution is -2.29. The monoisotopic (exact) mass is 302 g/mol. The molecule has 1 rings (SSSR count). The molecule has 0 spiro atoms. The molecule has 0 aliphatic carbocycles. The Morgan fingerprint density at radius 1 is 1.53 bits per heavy atom. The Hall–Kier alpha value is -1.14. The Balaban J connectivity index is 3.01. The van der Waals surface area contributed by atoms with Gasteiger partial charge in [0.25, 0.3) is 5.69 Å². The number of hydrogen-bond acceptors (Lipinski definition) is 4. The van der Waals surface area contributed by atoms with Crippen LogP contribution in [0.4, 0.5) is 11.4 Å². The molecule has 1 unspecified atom stereocenters. The summed E-state index contributed by atoms with van der Waals surface area (Å²) in [5.41, 5.74) is 0.421. The molecule has 1 aromatic carbocycles. The zero-order valence-corrected chi connectivity index (χ0v) is 11.3. The van der Waals surface area contributed by atoms with Gasteiger partial charge in [-0.05, 0) is 18.1 Å². The van der Waals surface area contributed by atoms with Crippen molar-refractivity contribution in [2.24, 2.45) is 5.92 Å². The molecule has 0 fully saturated rings. The molecule has 6 heteroatoms. The van der Waals surface area contributed by atoms with Crippen molar-refractivity contribution >= 4 is 27.3 Å². The summed E-state index contributed by atoms with van der Waals surface area (Å²) in [7, 11) is 0. The summed E-state index contributed by atoms with van der Waals surface area (Å²) >= 11 is 3.20. The fourth-order valence-corrected chi connectivity index (χ4v) is 1.75. The zero-order valence-electron chi connectivity index (χ0n) is 9.68. The highest BCUT2D eigenvalue weighted by atomic mass is 79.9. The third-order valence-corrected chi connectivity index (χ3v) is 2.99. The summed E-state index contributed by atoms with van der Waals surface area (Å²) in [6.45, 7) is 3.82. The molecule has 0 saturated carbocycles. The topological polar surface area (TPSA) is 75.4 Å². The van der Waals surface area contributed by atoms with E-state index in [1.807, 2.05) is 13.8 Å². The second-order valence-electron chi connectivity index (χ2n) is 4.10. The van der Waals surface area contributed by atoms with Crippen molar-refractivity contribution in [3.8, 4) is 0 Å². The first-order chi connectivity index (χ1) is 7.95. The Morgan fingerprint density at radius 2 is 2.18 bits per heavy atom. The van der Waals surface area contributed by atoms with Gasteiger partial charge in [-0.3, -0.25) is 10.1 Å². The first-order valence-corrected chi connectivity index (χ1v) is 6.06. The Labute approximate surface area is 108 Å². The largest absolute Gasteiger partial charge is 0.394 e. The molecule has 1 aromatic rings. The van der Waals surface area contributed by atoms with Gasteiger partial charge in [0, 0.05) is 10.5 Å². The van der Waals surface area contributed by atoms with E-state index in [0.29, 0.717) is 10.2 Å². The molecule has 0 radical (unpaired) electrons. The molecule has 0 bridgehead atoms. The molecule has 0 aliphatic rings. The molecule has 0 saturated heterocycles. The van der Waals surface area contributed by atoms with Gasteiger partial charge >= 0.3 is 0 Å². The molecular weight excluding hydrogens is 288 g/mol. The molecular formula is C11H15BrN2O3. The summed E-state index contributed by atoms with van der Waals surface area (Å²) in [5.74, 6) is 0.184. The van der Waals surface area contributed by atoms with Gasteiger partial charge in [0.2, 0.25) is 0 Å². The van der Waals surface area contributed by atoms with Crippen LogP contribution in [-0.2, 0) is 0 Å². The first-order valence-electron chi connectivity index (χ1n) is 5.27. The number of nitro groups is 1. The van der Waals surface area contributed by atoms with Crippen LogP contribution in [0.2, 0.25) is 0 Å². The third kappa shape index (κ3) is 3.67. The lowest BCUT2D eigenvalue weighted by atomic mass is 10.0. The van der Waals surface area contributed by atoms with E-state index < -0.39 is 4.92 Å². The summed E-state index contributed by atoms with van der Waals surface area (Å²) < 4.78 is 0.653. The van der Waals surface area contributed by atoms with E-state index in [9.17, 15) is 15.2 Å². The van der Waals surface area contributed by atoms with Crippen LogP contribution in [0, 0.1) is 16.0 Å². The number of nitrogens with zero attached hydrogens (tertiary/aromatic N) is 1.